The van der Waals surface area contributed by atoms with Crippen LogP contribution in [0.25, 0.3) is 10.2 Å². The van der Waals surface area contributed by atoms with Crippen molar-refractivity contribution in [1.82, 2.24) is 9.97 Å². The highest BCUT2D eigenvalue weighted by Gasteiger charge is 2.31. The van der Waals surface area contributed by atoms with E-state index >= 15 is 0 Å². The molecule has 0 saturated carbocycles. The summed E-state index contributed by atoms with van der Waals surface area (Å²) >= 11 is 1.39. The van der Waals surface area contributed by atoms with E-state index in [-0.39, 0.29) is 5.69 Å². The van der Waals surface area contributed by atoms with Crippen LogP contribution in [0.3, 0.4) is 0 Å². The van der Waals surface area contributed by atoms with Crippen molar-refractivity contribution >= 4 is 38.2 Å². The Bertz CT molecular complexity index is 1010. The van der Waals surface area contributed by atoms with Gasteiger partial charge in [0.2, 0.25) is 0 Å². The topological polar surface area (TPSA) is 75.4 Å². The summed E-state index contributed by atoms with van der Waals surface area (Å²) < 4.78 is 38.7. The van der Waals surface area contributed by atoms with Gasteiger partial charge in [-0.3, -0.25) is 10.1 Å². The fourth-order valence-electron chi connectivity index (χ4n) is 3.02. The minimum atomic E-state index is -4.40. The number of nitro groups is 1. The van der Waals surface area contributed by atoms with Crippen molar-refractivity contribution in [2.75, 3.05) is 36.0 Å². The standard InChI is InChI=1S/C17H14F3N5O2S/c18-17(19,20)11-1-4-15(21-10-11)23-5-7-24(8-6-23)16-22-13-3-2-12(25(26)27)9-14(13)28-16/h1-4,9-10H,5-8H2. The fourth-order valence-corrected chi connectivity index (χ4v) is 4.07. The molecule has 4 rings (SSSR count). The first kappa shape index (κ1) is 18.4. The zero-order valence-electron chi connectivity index (χ0n) is 14.4. The molecule has 2 aromatic heterocycles. The van der Waals surface area contributed by atoms with Crippen molar-refractivity contribution in [3.8, 4) is 0 Å². The van der Waals surface area contributed by atoms with Crippen LogP contribution in [0.5, 0.6) is 0 Å². The molecular weight excluding hydrogens is 395 g/mol. The molecule has 0 amide bonds. The van der Waals surface area contributed by atoms with Gasteiger partial charge in [-0.1, -0.05) is 11.3 Å². The van der Waals surface area contributed by atoms with E-state index in [1.807, 2.05) is 4.90 Å². The number of fused-ring (bicyclic) bond motifs is 1. The number of anilines is 2. The first-order valence-corrected chi connectivity index (χ1v) is 9.21. The highest BCUT2D eigenvalue weighted by Crippen LogP contribution is 2.33. The van der Waals surface area contributed by atoms with Crippen LogP contribution >= 0.6 is 11.3 Å². The predicted octanol–water partition coefficient (Wildman–Crippen LogP) is 3.94. The average Bonchev–Trinajstić information content (AvgIpc) is 3.11. The molecule has 11 heteroatoms. The summed E-state index contributed by atoms with van der Waals surface area (Å²) in [6, 6.07) is 7.00. The van der Waals surface area contributed by atoms with Crippen LogP contribution in [0.15, 0.2) is 36.5 Å². The van der Waals surface area contributed by atoms with Crippen LogP contribution in [0.2, 0.25) is 0 Å². The average molecular weight is 409 g/mol. The van der Waals surface area contributed by atoms with Gasteiger partial charge in [-0.25, -0.2) is 9.97 Å². The van der Waals surface area contributed by atoms with Gasteiger partial charge in [-0.15, -0.1) is 0 Å². The molecule has 1 saturated heterocycles. The molecule has 0 aliphatic carbocycles. The van der Waals surface area contributed by atoms with Gasteiger partial charge in [0, 0.05) is 44.5 Å². The minimum Gasteiger partial charge on any atom is -0.353 e. The number of benzene rings is 1. The summed E-state index contributed by atoms with van der Waals surface area (Å²) in [5.41, 5.74) is -0.0308. The maximum Gasteiger partial charge on any atom is 0.417 e. The molecule has 146 valence electrons. The van der Waals surface area contributed by atoms with Crippen LogP contribution in [-0.4, -0.2) is 41.1 Å². The van der Waals surface area contributed by atoms with E-state index in [2.05, 4.69) is 14.9 Å². The lowest BCUT2D eigenvalue weighted by Gasteiger charge is -2.35. The SMILES string of the molecule is O=[N+]([O-])c1ccc2nc(N3CCN(c4ccc(C(F)(F)F)cn4)CC3)sc2c1. The molecule has 3 heterocycles. The predicted molar refractivity (Wildman–Crippen MR) is 99.9 cm³/mol. The lowest BCUT2D eigenvalue weighted by atomic mass is 10.2. The lowest BCUT2D eigenvalue weighted by molar-refractivity contribution is -0.384. The van der Waals surface area contributed by atoms with Crippen molar-refractivity contribution in [3.63, 3.8) is 0 Å². The summed E-state index contributed by atoms with van der Waals surface area (Å²) in [5, 5.41) is 11.7. The Morgan fingerprint density at radius 2 is 1.79 bits per heavy atom. The normalized spacial score (nSPS) is 15.2. The van der Waals surface area contributed by atoms with Crippen LogP contribution in [0.1, 0.15) is 5.56 Å². The Morgan fingerprint density at radius 3 is 2.39 bits per heavy atom. The van der Waals surface area contributed by atoms with Crippen LogP contribution in [0.4, 0.5) is 29.8 Å². The number of hydrogen-bond acceptors (Lipinski definition) is 7. The number of nitrogens with zero attached hydrogens (tertiary/aromatic N) is 5. The number of rotatable bonds is 3. The maximum atomic E-state index is 12.7. The molecule has 1 aromatic carbocycles. The van der Waals surface area contributed by atoms with E-state index in [1.54, 1.807) is 6.07 Å². The van der Waals surface area contributed by atoms with Gasteiger partial charge in [-0.05, 0) is 18.2 Å². The zero-order chi connectivity index (χ0) is 19.9. The Hall–Kier alpha value is -2.95. The Balaban J connectivity index is 1.45. The van der Waals surface area contributed by atoms with Crippen molar-refractivity contribution in [2.45, 2.75) is 6.18 Å². The van der Waals surface area contributed by atoms with Crippen LogP contribution in [-0.2, 0) is 6.18 Å². The van der Waals surface area contributed by atoms with E-state index in [0.717, 1.165) is 22.1 Å². The van der Waals surface area contributed by atoms with Gasteiger partial charge in [0.1, 0.15) is 5.82 Å². The number of pyridine rings is 1. The minimum absolute atomic E-state index is 0.0286. The third-order valence-electron chi connectivity index (χ3n) is 4.52. The molecular formula is C17H14F3N5O2S. The lowest BCUT2D eigenvalue weighted by Crippen LogP contribution is -2.46. The number of piperazine rings is 1. The molecule has 0 N–H and O–H groups in total. The Kier molecular flexibility index (Phi) is 4.53. The van der Waals surface area contributed by atoms with E-state index in [9.17, 15) is 23.3 Å². The summed E-state index contributed by atoms with van der Waals surface area (Å²) in [4.78, 5) is 22.9. The quantitative estimate of drug-likeness (QED) is 0.482. The van der Waals surface area contributed by atoms with Crippen molar-refractivity contribution < 1.29 is 18.1 Å². The van der Waals surface area contributed by atoms with Gasteiger partial charge >= 0.3 is 6.18 Å². The highest BCUT2D eigenvalue weighted by atomic mass is 32.1. The van der Waals surface area contributed by atoms with Crippen molar-refractivity contribution in [3.05, 3.63) is 52.2 Å². The zero-order valence-corrected chi connectivity index (χ0v) is 15.2. The van der Waals surface area contributed by atoms with E-state index in [0.29, 0.717) is 37.5 Å². The number of halogens is 3. The second-order valence-electron chi connectivity index (χ2n) is 6.28. The molecule has 0 atom stereocenters. The molecule has 7 nitrogen and oxygen atoms in total. The molecule has 0 radical (unpaired) electrons. The van der Waals surface area contributed by atoms with Gasteiger partial charge in [-0.2, -0.15) is 13.2 Å². The first-order valence-electron chi connectivity index (χ1n) is 8.39. The number of hydrogen-bond donors (Lipinski definition) is 0. The molecule has 1 aliphatic rings. The van der Waals surface area contributed by atoms with E-state index in [4.69, 9.17) is 0 Å². The van der Waals surface area contributed by atoms with E-state index in [1.165, 1.54) is 29.5 Å². The fraction of sp³-hybridized carbons (Fsp3) is 0.294. The molecule has 3 aromatic rings. The Morgan fingerprint density at radius 1 is 1.07 bits per heavy atom. The maximum absolute atomic E-state index is 12.7. The smallest absolute Gasteiger partial charge is 0.353 e. The number of thiazole rings is 1. The van der Waals surface area contributed by atoms with Crippen LogP contribution in [0, 0.1) is 10.1 Å². The molecule has 0 unspecified atom stereocenters. The summed E-state index contributed by atoms with van der Waals surface area (Å²) in [5.74, 6) is 0.507. The molecule has 28 heavy (non-hydrogen) atoms. The Labute approximate surface area is 161 Å². The summed E-state index contributed by atoms with van der Waals surface area (Å²) in [6.45, 7) is 2.44. The van der Waals surface area contributed by atoms with Crippen LogP contribution < -0.4 is 9.80 Å². The largest absolute Gasteiger partial charge is 0.417 e. The second kappa shape index (κ2) is 6.89. The number of non-ortho nitro benzene ring substituents is 1. The van der Waals surface area contributed by atoms with Gasteiger partial charge < -0.3 is 9.80 Å². The van der Waals surface area contributed by atoms with Gasteiger partial charge in [0.25, 0.3) is 5.69 Å². The second-order valence-corrected chi connectivity index (χ2v) is 7.29. The molecule has 1 fully saturated rings. The number of alkyl halides is 3. The van der Waals surface area contributed by atoms with Gasteiger partial charge in [0.05, 0.1) is 20.7 Å². The molecule has 0 bridgehead atoms. The van der Waals surface area contributed by atoms with Crippen molar-refractivity contribution in [2.24, 2.45) is 0 Å². The number of aromatic nitrogens is 2. The summed E-state index contributed by atoms with van der Waals surface area (Å²) in [6.07, 6.45) is -3.55. The highest BCUT2D eigenvalue weighted by molar-refractivity contribution is 7.22. The van der Waals surface area contributed by atoms with E-state index < -0.39 is 16.7 Å². The van der Waals surface area contributed by atoms with Gasteiger partial charge in [0.15, 0.2) is 5.13 Å². The third-order valence-corrected chi connectivity index (χ3v) is 5.60. The first-order chi connectivity index (χ1) is 13.3. The number of nitro benzene ring substituents is 1. The summed E-state index contributed by atoms with van der Waals surface area (Å²) in [7, 11) is 0. The molecule has 1 aliphatic heterocycles. The van der Waals surface area contributed by atoms with Crippen molar-refractivity contribution in [1.29, 1.82) is 0 Å². The molecule has 0 spiro atoms. The third kappa shape index (κ3) is 3.57. The monoisotopic (exact) mass is 409 g/mol.